The minimum absolute atomic E-state index is 0.727. The van der Waals surface area contributed by atoms with Gasteiger partial charge in [0, 0.05) is 39.1 Å². The van der Waals surface area contributed by atoms with E-state index >= 15 is 0 Å². The molecule has 2 saturated heterocycles. The fourth-order valence-corrected chi connectivity index (χ4v) is 25.9. The van der Waals surface area contributed by atoms with E-state index in [1.165, 1.54) is 25.7 Å². The van der Waals surface area contributed by atoms with Gasteiger partial charge in [-0.15, -0.1) is 0 Å². The van der Waals surface area contributed by atoms with E-state index in [4.69, 9.17) is 0 Å². The van der Waals surface area contributed by atoms with Gasteiger partial charge in [0.25, 0.3) is 0 Å². The number of nitrogens with zero attached hydrogens (tertiary/aromatic N) is 1. The van der Waals surface area contributed by atoms with Crippen molar-refractivity contribution in [1.29, 1.82) is 0 Å². The highest BCUT2D eigenvalue weighted by atomic mass is 32.2. The Morgan fingerprint density at radius 2 is 0.931 bits per heavy atom. The first kappa shape index (κ1) is 40.2. The van der Waals surface area contributed by atoms with Crippen LogP contribution in [0.2, 0.25) is 0 Å². The fourth-order valence-electron chi connectivity index (χ4n) is 21.1. The molecular weight excluding hydrogens is 739 g/mol. The van der Waals surface area contributed by atoms with Gasteiger partial charge in [-0.1, -0.05) is 109 Å². The third-order valence-corrected chi connectivity index (χ3v) is 26.5. The summed E-state index contributed by atoms with van der Waals surface area (Å²) in [5.74, 6) is 12.9. The molecule has 12 aliphatic rings. The van der Waals surface area contributed by atoms with Gasteiger partial charge in [-0.05, 0) is 192 Å². The summed E-state index contributed by atoms with van der Waals surface area (Å²) < 4.78 is 0. The van der Waals surface area contributed by atoms with Crippen LogP contribution in [0.4, 0.5) is 0 Å². The number of hydrogen-bond donors (Lipinski definition) is 0. The first-order valence-electron chi connectivity index (χ1n) is 27.9. The van der Waals surface area contributed by atoms with Gasteiger partial charge in [0.2, 0.25) is 0 Å². The molecule has 12 rings (SSSR count). The van der Waals surface area contributed by atoms with Crippen LogP contribution in [0, 0.1) is 76.4 Å². The van der Waals surface area contributed by atoms with Crippen LogP contribution in [0.3, 0.4) is 0 Å². The number of rotatable bonds is 6. The molecule has 0 amide bonds. The van der Waals surface area contributed by atoms with E-state index in [0.717, 1.165) is 116 Å². The van der Waals surface area contributed by atoms with E-state index in [1.54, 1.807) is 199 Å². The van der Waals surface area contributed by atoms with Crippen LogP contribution in [0.1, 0.15) is 225 Å². The molecule has 58 heavy (non-hydrogen) atoms. The summed E-state index contributed by atoms with van der Waals surface area (Å²) in [6, 6.07) is 2.78. The minimum Gasteiger partial charge on any atom is -0.294 e. The van der Waals surface area contributed by atoms with Gasteiger partial charge in [0.05, 0.1) is 0 Å². The summed E-state index contributed by atoms with van der Waals surface area (Å²) in [5.41, 5.74) is 0.727. The largest absolute Gasteiger partial charge is 0.294 e. The quantitative estimate of drug-likeness (QED) is 0.263. The number of fused-ring (bicyclic) bond motifs is 10. The second kappa shape index (κ2) is 17.2. The lowest BCUT2D eigenvalue weighted by atomic mass is 9.48. The zero-order valence-corrected chi connectivity index (χ0v) is 39.1. The van der Waals surface area contributed by atoms with Crippen molar-refractivity contribution in [3.05, 3.63) is 0 Å². The lowest BCUT2D eigenvalue weighted by Gasteiger charge is -2.58. The molecule has 326 valence electrons. The average molecular weight is 828 g/mol. The summed E-state index contributed by atoms with van der Waals surface area (Å²) in [6.07, 6.45) is 55.3. The van der Waals surface area contributed by atoms with Crippen LogP contribution in [-0.4, -0.2) is 44.0 Å². The SMILES string of the molecule is C1CCC(N(C2CCCC(C3CCCC4C5CCC6SC7CCCCC7C6C5SC34)C2)C2CCCC3C2C2CCCCC2C3(C2CCCCC2)C2CCCCC2)CC1. The smallest absolute Gasteiger partial charge is 0.0135 e. The zero-order valence-electron chi connectivity index (χ0n) is 37.5. The van der Waals surface area contributed by atoms with Gasteiger partial charge in [-0.25, -0.2) is 0 Å². The highest BCUT2D eigenvalue weighted by Gasteiger charge is 2.67. The third kappa shape index (κ3) is 6.72. The van der Waals surface area contributed by atoms with Crippen molar-refractivity contribution < 1.29 is 0 Å². The predicted octanol–water partition coefficient (Wildman–Crippen LogP) is 15.5. The first-order chi connectivity index (χ1) is 28.8. The van der Waals surface area contributed by atoms with Crippen molar-refractivity contribution >= 4 is 23.5 Å². The lowest BCUT2D eigenvalue weighted by molar-refractivity contribution is -0.0890. The molecule has 0 aromatic heterocycles. The van der Waals surface area contributed by atoms with Crippen molar-refractivity contribution in [3.63, 3.8) is 0 Å². The maximum atomic E-state index is 3.57. The Morgan fingerprint density at radius 3 is 1.72 bits per heavy atom. The van der Waals surface area contributed by atoms with Gasteiger partial charge in [0.15, 0.2) is 0 Å². The molecule has 2 heterocycles. The molecule has 10 saturated carbocycles. The Labute approximate surface area is 366 Å². The van der Waals surface area contributed by atoms with Gasteiger partial charge in [-0.3, -0.25) is 4.90 Å². The number of thioether (sulfide) groups is 2. The van der Waals surface area contributed by atoms with Crippen LogP contribution < -0.4 is 0 Å². The predicted molar refractivity (Wildman–Crippen MR) is 249 cm³/mol. The molecule has 1 nitrogen and oxygen atoms in total. The molecule has 12 fully saturated rings. The van der Waals surface area contributed by atoms with E-state index < -0.39 is 0 Å². The van der Waals surface area contributed by atoms with Crippen LogP contribution >= 0.6 is 23.5 Å². The van der Waals surface area contributed by atoms with E-state index in [2.05, 4.69) is 28.4 Å². The Morgan fingerprint density at radius 1 is 0.345 bits per heavy atom. The van der Waals surface area contributed by atoms with E-state index in [9.17, 15) is 0 Å². The molecule has 0 N–H and O–H groups in total. The molecule has 0 aromatic rings. The second-order valence-electron chi connectivity index (χ2n) is 24.5. The zero-order chi connectivity index (χ0) is 38.2. The minimum atomic E-state index is 0.727. The van der Waals surface area contributed by atoms with Crippen molar-refractivity contribution in [1.82, 2.24) is 4.90 Å². The van der Waals surface area contributed by atoms with Gasteiger partial charge < -0.3 is 0 Å². The maximum Gasteiger partial charge on any atom is 0.0135 e. The van der Waals surface area contributed by atoms with Gasteiger partial charge >= 0.3 is 0 Å². The summed E-state index contributed by atoms with van der Waals surface area (Å²) in [5, 5.41) is 4.17. The van der Waals surface area contributed by atoms with Crippen LogP contribution in [0.25, 0.3) is 0 Å². The standard InChI is InChI=1S/C55H89NS2/c1-4-18-37(19-5-1)55(38-20-6-2-7-21-38)46-29-12-10-25-44(46)51-47(55)30-16-31-48(51)56(39-22-8-3-9-23-39)40-24-14-17-36(35-40)41-27-15-28-42-43-33-34-50-52(54(43)58-53(41)42)45-26-11-13-32-49(45)57-50/h36-54H,1-35H2. The first-order valence-corrected chi connectivity index (χ1v) is 29.8. The maximum absolute atomic E-state index is 3.57. The Hall–Kier alpha value is 0.660. The van der Waals surface area contributed by atoms with Gasteiger partial charge in [-0.2, -0.15) is 23.5 Å². The molecule has 0 aromatic carbocycles. The summed E-state index contributed by atoms with van der Waals surface area (Å²) in [7, 11) is 0. The Kier molecular flexibility index (Phi) is 11.9. The highest BCUT2D eigenvalue weighted by Crippen LogP contribution is 2.73. The Bertz CT molecular complexity index is 1360. The highest BCUT2D eigenvalue weighted by molar-refractivity contribution is 8.02. The number of hydrogen-bond acceptors (Lipinski definition) is 3. The second-order valence-corrected chi connectivity index (χ2v) is 27.4. The molecule has 2 aliphatic heterocycles. The molecule has 0 bridgehead atoms. The van der Waals surface area contributed by atoms with E-state index in [-0.39, 0.29) is 0 Å². The average Bonchev–Trinajstić information content (AvgIpc) is 3.96. The molecule has 0 spiro atoms. The summed E-state index contributed by atoms with van der Waals surface area (Å²) in [6.45, 7) is 0. The van der Waals surface area contributed by atoms with E-state index in [0.29, 0.717) is 0 Å². The van der Waals surface area contributed by atoms with Crippen molar-refractivity contribution in [2.75, 3.05) is 0 Å². The topological polar surface area (TPSA) is 3.24 Å². The van der Waals surface area contributed by atoms with Crippen LogP contribution in [-0.2, 0) is 0 Å². The van der Waals surface area contributed by atoms with Crippen LogP contribution in [0.5, 0.6) is 0 Å². The van der Waals surface area contributed by atoms with Gasteiger partial charge in [0.1, 0.15) is 0 Å². The lowest BCUT2D eigenvalue weighted by Crippen LogP contribution is -2.58. The fraction of sp³-hybridized carbons (Fsp3) is 1.00. The molecule has 16 unspecified atom stereocenters. The van der Waals surface area contributed by atoms with Crippen molar-refractivity contribution in [3.8, 4) is 0 Å². The molecule has 3 heteroatoms. The Balaban J connectivity index is 0.846. The molecular formula is C55H89NS2. The third-order valence-electron chi connectivity index (χ3n) is 22.6. The molecule has 16 atom stereocenters. The molecule has 10 aliphatic carbocycles. The normalized spacial score (nSPS) is 50.0. The van der Waals surface area contributed by atoms with E-state index in [1.807, 2.05) is 0 Å². The van der Waals surface area contributed by atoms with Crippen molar-refractivity contribution in [2.45, 2.75) is 264 Å². The summed E-state index contributed by atoms with van der Waals surface area (Å²) >= 11 is 5.23. The monoisotopic (exact) mass is 828 g/mol. The summed E-state index contributed by atoms with van der Waals surface area (Å²) in [4.78, 5) is 3.57. The van der Waals surface area contributed by atoms with Crippen molar-refractivity contribution in [2.24, 2.45) is 76.4 Å². The van der Waals surface area contributed by atoms with Crippen LogP contribution in [0.15, 0.2) is 0 Å². The molecule has 0 radical (unpaired) electrons.